The van der Waals surface area contributed by atoms with Gasteiger partial charge in [-0.25, -0.2) is 0 Å². The molecular weight excluding hydrogens is 297 g/mol. The van der Waals surface area contributed by atoms with Crippen LogP contribution in [0.3, 0.4) is 0 Å². The van der Waals surface area contributed by atoms with Crippen molar-refractivity contribution in [2.24, 2.45) is 0 Å². The highest BCUT2D eigenvalue weighted by molar-refractivity contribution is 7.55. The first-order valence-corrected chi connectivity index (χ1v) is 7.90. The minimum atomic E-state index is -4.63. The molecule has 0 aromatic carbocycles. The van der Waals surface area contributed by atoms with E-state index in [-0.39, 0.29) is 26.1 Å². The molecule has 0 aliphatic carbocycles. The Kier molecular flexibility index (Phi) is 6.06. The maximum Gasteiger partial charge on any atom is 0.402 e. The lowest BCUT2D eigenvalue weighted by Gasteiger charge is -2.29. The SMILES string of the molecule is CCOP(=O)(OCC)C(F)(F)[C@@H]1CCC(OC(C)=O)O1. The van der Waals surface area contributed by atoms with Gasteiger partial charge in [-0.05, 0) is 20.3 Å². The van der Waals surface area contributed by atoms with Gasteiger partial charge in [-0.3, -0.25) is 9.36 Å². The second kappa shape index (κ2) is 6.93. The van der Waals surface area contributed by atoms with Crippen molar-refractivity contribution in [3.63, 3.8) is 0 Å². The fourth-order valence-corrected chi connectivity index (χ4v) is 3.50. The predicted molar refractivity (Wildman–Crippen MR) is 65.5 cm³/mol. The van der Waals surface area contributed by atoms with Crippen LogP contribution in [0.1, 0.15) is 33.6 Å². The zero-order chi connectivity index (χ0) is 15.4. The zero-order valence-electron chi connectivity index (χ0n) is 11.6. The number of alkyl halides is 2. The number of ether oxygens (including phenoxy) is 2. The van der Waals surface area contributed by atoms with Gasteiger partial charge < -0.3 is 18.5 Å². The van der Waals surface area contributed by atoms with Crippen LogP contribution in [0, 0.1) is 0 Å². The second-order valence-corrected chi connectivity index (χ2v) is 6.27. The molecule has 0 spiro atoms. The first kappa shape index (κ1) is 17.5. The molecule has 6 nitrogen and oxygen atoms in total. The third-order valence-electron chi connectivity index (χ3n) is 2.63. The third kappa shape index (κ3) is 3.75. The van der Waals surface area contributed by atoms with Gasteiger partial charge >= 0.3 is 19.2 Å². The summed E-state index contributed by atoms with van der Waals surface area (Å²) in [5, 5.41) is 0. The lowest BCUT2D eigenvalue weighted by molar-refractivity contribution is -0.187. The van der Waals surface area contributed by atoms with Gasteiger partial charge in [0.15, 0.2) is 0 Å². The largest absolute Gasteiger partial charge is 0.436 e. The number of hydrogen-bond acceptors (Lipinski definition) is 6. The van der Waals surface area contributed by atoms with E-state index in [2.05, 4.69) is 9.05 Å². The zero-order valence-corrected chi connectivity index (χ0v) is 12.5. The minimum Gasteiger partial charge on any atom is -0.436 e. The maximum absolute atomic E-state index is 14.3. The van der Waals surface area contributed by atoms with Crippen LogP contribution in [0.25, 0.3) is 0 Å². The van der Waals surface area contributed by atoms with E-state index in [9.17, 15) is 18.1 Å². The highest BCUT2D eigenvalue weighted by Crippen LogP contribution is 2.64. The molecule has 1 aliphatic rings. The van der Waals surface area contributed by atoms with Crippen molar-refractivity contribution in [1.29, 1.82) is 0 Å². The molecule has 118 valence electrons. The van der Waals surface area contributed by atoms with E-state index in [1.807, 2.05) is 0 Å². The first-order chi connectivity index (χ1) is 9.26. The summed E-state index contributed by atoms with van der Waals surface area (Å²) in [5.74, 6) is -0.628. The van der Waals surface area contributed by atoms with Crippen molar-refractivity contribution in [3.8, 4) is 0 Å². The van der Waals surface area contributed by atoms with Crippen molar-refractivity contribution >= 4 is 13.6 Å². The van der Waals surface area contributed by atoms with Gasteiger partial charge in [-0.2, -0.15) is 8.78 Å². The molecule has 0 amide bonds. The molecule has 0 N–H and O–H groups in total. The van der Waals surface area contributed by atoms with E-state index in [1.165, 1.54) is 13.8 Å². The van der Waals surface area contributed by atoms with Crippen molar-refractivity contribution in [3.05, 3.63) is 0 Å². The fraction of sp³-hybridized carbons (Fsp3) is 0.909. The van der Waals surface area contributed by atoms with Crippen molar-refractivity contribution in [2.75, 3.05) is 13.2 Å². The smallest absolute Gasteiger partial charge is 0.402 e. The van der Waals surface area contributed by atoms with Gasteiger partial charge in [-0.15, -0.1) is 0 Å². The topological polar surface area (TPSA) is 71.1 Å². The lowest BCUT2D eigenvalue weighted by atomic mass is 10.2. The molecule has 1 aliphatic heterocycles. The highest BCUT2D eigenvalue weighted by Gasteiger charge is 2.61. The Labute approximate surface area is 116 Å². The second-order valence-electron chi connectivity index (χ2n) is 4.16. The Morgan fingerprint density at radius 2 is 1.85 bits per heavy atom. The molecule has 1 rings (SSSR count). The van der Waals surface area contributed by atoms with Crippen molar-refractivity contribution in [1.82, 2.24) is 0 Å². The molecule has 1 saturated heterocycles. The monoisotopic (exact) mass is 316 g/mol. The molecule has 0 aromatic heterocycles. The Bertz CT molecular complexity index is 379. The molecule has 0 aromatic rings. The van der Waals surface area contributed by atoms with Gasteiger partial charge in [-0.1, -0.05) is 0 Å². The molecule has 2 atom stereocenters. The van der Waals surface area contributed by atoms with E-state index in [0.717, 1.165) is 6.92 Å². The molecule has 0 radical (unpaired) electrons. The molecule has 0 bridgehead atoms. The van der Waals surface area contributed by atoms with E-state index >= 15 is 0 Å². The summed E-state index contributed by atoms with van der Waals surface area (Å²) < 4.78 is 59.7. The highest BCUT2D eigenvalue weighted by atomic mass is 31.2. The minimum absolute atomic E-state index is 0.102. The van der Waals surface area contributed by atoms with Crippen LogP contribution in [-0.2, 0) is 27.9 Å². The summed E-state index contributed by atoms with van der Waals surface area (Å²) in [4.78, 5) is 10.8. The number of halogens is 2. The number of carbonyl (C=O) groups excluding carboxylic acids is 1. The Morgan fingerprint density at radius 3 is 2.30 bits per heavy atom. The van der Waals surface area contributed by atoms with E-state index in [4.69, 9.17) is 9.47 Å². The summed E-state index contributed by atoms with van der Waals surface area (Å²) >= 11 is 0. The molecular formula is C11H19F2O6P. The molecule has 1 heterocycles. The normalized spacial score (nSPS) is 23.9. The van der Waals surface area contributed by atoms with Gasteiger partial charge in [0.1, 0.15) is 6.10 Å². The van der Waals surface area contributed by atoms with Crippen molar-refractivity contribution in [2.45, 2.75) is 51.7 Å². The Hall–Kier alpha value is -0.560. The van der Waals surface area contributed by atoms with Crippen LogP contribution < -0.4 is 0 Å². The third-order valence-corrected chi connectivity index (χ3v) is 4.84. The maximum atomic E-state index is 14.3. The number of esters is 1. The Balaban J connectivity index is 2.81. The summed E-state index contributed by atoms with van der Waals surface area (Å²) in [7, 11) is -4.63. The summed E-state index contributed by atoms with van der Waals surface area (Å²) in [6, 6.07) is 0. The van der Waals surface area contributed by atoms with Crippen LogP contribution in [-0.4, -0.2) is 37.2 Å². The van der Waals surface area contributed by atoms with E-state index in [0.29, 0.717) is 0 Å². The molecule has 1 unspecified atom stereocenters. The van der Waals surface area contributed by atoms with Crippen LogP contribution in [0.4, 0.5) is 8.78 Å². The van der Waals surface area contributed by atoms with Gasteiger partial charge in [0, 0.05) is 13.3 Å². The summed E-state index contributed by atoms with van der Waals surface area (Å²) in [6.07, 6.45) is -2.72. The van der Waals surface area contributed by atoms with Gasteiger partial charge in [0.2, 0.25) is 6.29 Å². The summed E-state index contributed by atoms with van der Waals surface area (Å²) in [5.41, 5.74) is -3.80. The van der Waals surface area contributed by atoms with Gasteiger partial charge in [0.05, 0.1) is 13.2 Å². The van der Waals surface area contributed by atoms with Crippen LogP contribution in [0.2, 0.25) is 0 Å². The number of carbonyl (C=O) groups is 1. The summed E-state index contributed by atoms with van der Waals surface area (Å²) in [6.45, 7) is 3.69. The average molecular weight is 316 g/mol. The molecule has 9 heteroatoms. The first-order valence-electron chi connectivity index (χ1n) is 6.36. The van der Waals surface area contributed by atoms with Crippen molar-refractivity contribution < 1.29 is 36.7 Å². The van der Waals surface area contributed by atoms with Crippen LogP contribution in [0.5, 0.6) is 0 Å². The van der Waals surface area contributed by atoms with E-state index in [1.54, 1.807) is 0 Å². The number of rotatable bonds is 7. The fourth-order valence-electron chi connectivity index (χ4n) is 1.86. The molecule has 20 heavy (non-hydrogen) atoms. The molecule has 0 saturated carbocycles. The van der Waals surface area contributed by atoms with Crippen LogP contribution in [0.15, 0.2) is 0 Å². The van der Waals surface area contributed by atoms with Gasteiger partial charge in [0.25, 0.3) is 0 Å². The lowest BCUT2D eigenvalue weighted by Crippen LogP contribution is -2.35. The predicted octanol–water partition coefficient (Wildman–Crippen LogP) is 2.91. The van der Waals surface area contributed by atoms with E-state index < -0.39 is 31.6 Å². The van der Waals surface area contributed by atoms with Crippen LogP contribution >= 0.6 is 7.60 Å². The molecule has 1 fully saturated rings. The average Bonchev–Trinajstić information content (AvgIpc) is 2.77. The number of hydrogen-bond donors (Lipinski definition) is 0. The Morgan fingerprint density at radius 1 is 1.30 bits per heavy atom. The standard InChI is InChI=1S/C11H19F2O6P/c1-4-16-20(15,17-5-2)11(12,13)9-6-7-10(19-9)18-8(3)14/h9-10H,4-7H2,1-3H3/t9-,10?/m0/s1. The quantitative estimate of drug-likeness (QED) is 0.531.